The van der Waals surface area contributed by atoms with Crippen molar-refractivity contribution in [3.05, 3.63) is 88.0 Å². The van der Waals surface area contributed by atoms with Crippen molar-refractivity contribution in [2.45, 2.75) is 6.54 Å². The highest BCUT2D eigenvalue weighted by molar-refractivity contribution is 6.30. The number of nitrogens with zero attached hydrogens (tertiary/aromatic N) is 1. The average molecular weight is 421 g/mol. The number of nitrogens with one attached hydrogen (secondary N) is 1. The molecule has 0 fully saturated rings. The Morgan fingerprint density at radius 3 is 2.03 bits per heavy atom. The summed E-state index contributed by atoms with van der Waals surface area (Å²) in [4.78, 5) is 37.3. The number of hydrogen-bond donors (Lipinski definition) is 1. The molecular weight excluding hydrogens is 404 g/mol. The maximum absolute atomic E-state index is 12.7. The van der Waals surface area contributed by atoms with Gasteiger partial charge in [0.15, 0.2) is 12.0 Å². The summed E-state index contributed by atoms with van der Waals surface area (Å²) in [6.45, 7) is -0.549. The lowest BCUT2D eigenvalue weighted by atomic mass is 10.1. The van der Waals surface area contributed by atoms with Gasteiger partial charge in [0.2, 0.25) is 0 Å². The Labute approximate surface area is 176 Å². The van der Waals surface area contributed by atoms with E-state index in [0.29, 0.717) is 32.5 Å². The number of para-hydroxylation sites is 2. The predicted molar refractivity (Wildman–Crippen MR) is 117 cm³/mol. The lowest BCUT2D eigenvalue weighted by molar-refractivity contribution is -0.147. The van der Waals surface area contributed by atoms with Crippen LogP contribution in [0.2, 0.25) is 5.02 Å². The normalized spacial score (nSPS) is 10.8. The number of carbonyl (C=O) groups is 2. The molecule has 0 bridgehead atoms. The number of aromatic nitrogens is 1. The summed E-state index contributed by atoms with van der Waals surface area (Å²) in [7, 11) is 0. The molecular formula is C23H17ClN2O4. The third-order valence-electron chi connectivity index (χ3n) is 4.66. The number of pyridine rings is 1. The minimum Gasteiger partial charge on any atom is -0.454 e. The second-order valence-corrected chi connectivity index (χ2v) is 7.10. The standard InChI is InChI=1S/C23H17ClN2O4/c24-15-9-11-16(12-10-15)25-21(27)14-30-22(28)13-26-19-7-3-1-5-17(19)23(29)18-6-2-4-8-20(18)26/h1-12H,13-14H2,(H,25,27). The van der Waals surface area contributed by atoms with Gasteiger partial charge in [-0.15, -0.1) is 0 Å². The van der Waals surface area contributed by atoms with Crippen LogP contribution in [0.4, 0.5) is 5.69 Å². The zero-order valence-electron chi connectivity index (χ0n) is 15.8. The molecule has 0 aliphatic heterocycles. The van der Waals surface area contributed by atoms with Crippen molar-refractivity contribution in [2.75, 3.05) is 11.9 Å². The van der Waals surface area contributed by atoms with Crippen molar-refractivity contribution in [3.63, 3.8) is 0 Å². The van der Waals surface area contributed by atoms with Crippen LogP contribution in [-0.2, 0) is 20.9 Å². The van der Waals surface area contributed by atoms with Crippen LogP contribution in [0.3, 0.4) is 0 Å². The van der Waals surface area contributed by atoms with Gasteiger partial charge in [-0.05, 0) is 48.5 Å². The second kappa shape index (κ2) is 8.39. The first-order valence-corrected chi connectivity index (χ1v) is 9.62. The van der Waals surface area contributed by atoms with Crippen molar-refractivity contribution in [3.8, 4) is 0 Å². The molecule has 150 valence electrons. The number of rotatable bonds is 5. The van der Waals surface area contributed by atoms with Crippen molar-refractivity contribution in [1.29, 1.82) is 0 Å². The average Bonchev–Trinajstić information content (AvgIpc) is 2.77. The number of esters is 1. The van der Waals surface area contributed by atoms with Crippen LogP contribution < -0.4 is 10.7 Å². The van der Waals surface area contributed by atoms with Crippen LogP contribution in [0.15, 0.2) is 77.6 Å². The van der Waals surface area contributed by atoms with E-state index in [4.69, 9.17) is 16.3 Å². The zero-order chi connectivity index (χ0) is 21.1. The molecule has 0 saturated heterocycles. The highest BCUT2D eigenvalue weighted by atomic mass is 35.5. The number of halogens is 1. The largest absolute Gasteiger partial charge is 0.454 e. The van der Waals surface area contributed by atoms with E-state index in [1.54, 1.807) is 77.4 Å². The third-order valence-corrected chi connectivity index (χ3v) is 4.91. The fourth-order valence-electron chi connectivity index (χ4n) is 3.30. The van der Waals surface area contributed by atoms with Gasteiger partial charge in [0.1, 0.15) is 6.54 Å². The first-order chi connectivity index (χ1) is 14.5. The first-order valence-electron chi connectivity index (χ1n) is 9.24. The number of amides is 1. The second-order valence-electron chi connectivity index (χ2n) is 6.67. The predicted octanol–water partition coefficient (Wildman–Crippen LogP) is 3.99. The highest BCUT2D eigenvalue weighted by Crippen LogP contribution is 2.19. The molecule has 0 atom stereocenters. The first kappa shape index (κ1) is 19.7. The van der Waals surface area contributed by atoms with E-state index in [1.807, 2.05) is 0 Å². The van der Waals surface area contributed by atoms with Crippen molar-refractivity contribution in [1.82, 2.24) is 4.57 Å². The Bertz CT molecular complexity index is 1250. The molecule has 0 unspecified atom stereocenters. The van der Waals surface area contributed by atoms with Crippen molar-refractivity contribution >= 4 is 51.0 Å². The summed E-state index contributed by atoms with van der Waals surface area (Å²) >= 11 is 5.82. The van der Waals surface area contributed by atoms with Gasteiger partial charge in [0, 0.05) is 21.5 Å². The van der Waals surface area contributed by atoms with Gasteiger partial charge in [0.25, 0.3) is 5.91 Å². The zero-order valence-corrected chi connectivity index (χ0v) is 16.6. The van der Waals surface area contributed by atoms with Crippen molar-refractivity contribution in [2.24, 2.45) is 0 Å². The smallest absolute Gasteiger partial charge is 0.326 e. The minimum atomic E-state index is -0.583. The molecule has 1 heterocycles. The summed E-state index contributed by atoms with van der Waals surface area (Å²) in [5, 5.41) is 4.22. The highest BCUT2D eigenvalue weighted by Gasteiger charge is 2.14. The maximum atomic E-state index is 12.7. The fraction of sp³-hybridized carbons (Fsp3) is 0.0870. The fourth-order valence-corrected chi connectivity index (χ4v) is 3.42. The van der Waals surface area contributed by atoms with Gasteiger partial charge in [-0.2, -0.15) is 0 Å². The number of ether oxygens (including phenoxy) is 1. The van der Waals surface area contributed by atoms with Gasteiger partial charge < -0.3 is 14.6 Å². The van der Waals surface area contributed by atoms with E-state index in [0.717, 1.165) is 0 Å². The Morgan fingerprint density at radius 2 is 1.43 bits per heavy atom. The number of carbonyl (C=O) groups excluding carboxylic acids is 2. The third kappa shape index (κ3) is 4.04. The van der Waals surface area contributed by atoms with Gasteiger partial charge in [-0.3, -0.25) is 14.4 Å². The van der Waals surface area contributed by atoms with E-state index in [2.05, 4.69) is 5.32 Å². The Morgan fingerprint density at radius 1 is 0.867 bits per heavy atom. The Hall–Kier alpha value is -3.64. The molecule has 7 heteroatoms. The molecule has 6 nitrogen and oxygen atoms in total. The number of hydrogen-bond acceptors (Lipinski definition) is 4. The van der Waals surface area contributed by atoms with Crippen LogP contribution in [0.1, 0.15) is 0 Å². The Balaban J connectivity index is 1.53. The molecule has 4 rings (SSSR count). The molecule has 0 radical (unpaired) electrons. The minimum absolute atomic E-state index is 0.0897. The summed E-state index contributed by atoms with van der Waals surface area (Å²) in [5.41, 5.74) is 1.72. The van der Waals surface area contributed by atoms with Crippen LogP contribution in [0.5, 0.6) is 0 Å². The maximum Gasteiger partial charge on any atom is 0.326 e. The van der Waals surface area contributed by atoms with Gasteiger partial charge in [-0.1, -0.05) is 35.9 Å². The molecule has 1 N–H and O–H groups in total. The lowest BCUT2D eigenvalue weighted by Gasteiger charge is -2.14. The topological polar surface area (TPSA) is 77.4 Å². The van der Waals surface area contributed by atoms with Crippen LogP contribution in [0.25, 0.3) is 21.8 Å². The van der Waals surface area contributed by atoms with Crippen LogP contribution in [0, 0.1) is 0 Å². The number of fused-ring (bicyclic) bond motifs is 2. The molecule has 0 spiro atoms. The molecule has 1 aromatic heterocycles. The summed E-state index contributed by atoms with van der Waals surface area (Å²) in [6, 6.07) is 20.8. The SMILES string of the molecule is O=C(COC(=O)Cn1c2ccccc2c(=O)c2ccccc21)Nc1ccc(Cl)cc1. The Kier molecular flexibility index (Phi) is 5.50. The van der Waals surface area contributed by atoms with Crippen LogP contribution >= 0.6 is 11.6 Å². The van der Waals surface area contributed by atoms with Crippen molar-refractivity contribution < 1.29 is 14.3 Å². The molecule has 30 heavy (non-hydrogen) atoms. The number of anilines is 1. The van der Waals surface area contributed by atoms with E-state index >= 15 is 0 Å². The van der Waals surface area contributed by atoms with E-state index in [9.17, 15) is 14.4 Å². The lowest BCUT2D eigenvalue weighted by Crippen LogP contribution is -2.24. The van der Waals surface area contributed by atoms with Gasteiger partial charge in [-0.25, -0.2) is 0 Å². The van der Waals surface area contributed by atoms with E-state index in [-0.39, 0.29) is 12.0 Å². The van der Waals surface area contributed by atoms with Crippen LogP contribution in [-0.4, -0.2) is 23.1 Å². The van der Waals surface area contributed by atoms with E-state index < -0.39 is 18.5 Å². The monoisotopic (exact) mass is 420 g/mol. The molecule has 1 amide bonds. The molecule has 0 saturated carbocycles. The summed E-state index contributed by atoms with van der Waals surface area (Å²) < 4.78 is 6.88. The number of benzene rings is 3. The molecule has 0 aliphatic rings. The van der Waals surface area contributed by atoms with E-state index in [1.165, 1.54) is 0 Å². The molecule has 3 aromatic carbocycles. The molecule has 4 aromatic rings. The summed E-state index contributed by atoms with van der Waals surface area (Å²) in [5.74, 6) is -1.04. The summed E-state index contributed by atoms with van der Waals surface area (Å²) in [6.07, 6.45) is 0. The quantitative estimate of drug-likeness (QED) is 0.391. The van der Waals surface area contributed by atoms with Gasteiger partial charge in [0.05, 0.1) is 11.0 Å². The van der Waals surface area contributed by atoms with Gasteiger partial charge >= 0.3 is 5.97 Å². The molecule has 0 aliphatic carbocycles.